The minimum absolute atomic E-state index is 0.0856. The lowest BCUT2D eigenvalue weighted by molar-refractivity contribution is -0.123. The molecule has 0 aromatic carbocycles. The summed E-state index contributed by atoms with van der Waals surface area (Å²) >= 11 is 0. The van der Waals surface area contributed by atoms with Crippen LogP contribution in [0.2, 0.25) is 0 Å². The van der Waals surface area contributed by atoms with Gasteiger partial charge in [-0.15, -0.1) is 0 Å². The van der Waals surface area contributed by atoms with Crippen LogP contribution in [0.25, 0.3) is 0 Å². The second-order valence-electron chi connectivity index (χ2n) is 7.20. The maximum atomic E-state index is 12.0. The second-order valence-corrected chi connectivity index (χ2v) is 7.20. The van der Waals surface area contributed by atoms with E-state index >= 15 is 0 Å². The zero-order valence-electron chi connectivity index (χ0n) is 13.1. The fraction of sp³-hybridized carbons (Fsp3) is 0.733. The SMILES string of the molecule is Cc1cnn(CCC(=O)NC(C)(C)CC(C)(C)C)c1. The molecule has 1 amide bonds. The third-order valence-corrected chi connectivity index (χ3v) is 2.78. The van der Waals surface area contributed by atoms with Crippen LogP contribution < -0.4 is 5.32 Å². The summed E-state index contributed by atoms with van der Waals surface area (Å²) in [4.78, 5) is 12.0. The molecule has 19 heavy (non-hydrogen) atoms. The number of aromatic nitrogens is 2. The van der Waals surface area contributed by atoms with Gasteiger partial charge in [-0.05, 0) is 38.2 Å². The average molecular weight is 265 g/mol. The van der Waals surface area contributed by atoms with Gasteiger partial charge in [-0.1, -0.05) is 20.8 Å². The van der Waals surface area contributed by atoms with Gasteiger partial charge in [-0.2, -0.15) is 5.10 Å². The smallest absolute Gasteiger partial charge is 0.222 e. The number of hydrogen-bond acceptors (Lipinski definition) is 2. The molecule has 0 saturated carbocycles. The molecule has 4 nitrogen and oxygen atoms in total. The lowest BCUT2D eigenvalue weighted by atomic mass is 9.82. The summed E-state index contributed by atoms with van der Waals surface area (Å²) in [5.41, 5.74) is 1.15. The summed E-state index contributed by atoms with van der Waals surface area (Å²) < 4.78 is 1.81. The number of hydrogen-bond donors (Lipinski definition) is 1. The molecular formula is C15H27N3O. The number of amides is 1. The summed E-state index contributed by atoms with van der Waals surface area (Å²) in [6, 6.07) is 0. The Morgan fingerprint density at radius 1 is 1.32 bits per heavy atom. The van der Waals surface area contributed by atoms with Crippen LogP contribution >= 0.6 is 0 Å². The van der Waals surface area contributed by atoms with Gasteiger partial charge in [0, 0.05) is 24.7 Å². The lowest BCUT2D eigenvalue weighted by Crippen LogP contribution is -2.46. The van der Waals surface area contributed by atoms with Crippen LogP contribution in [0.4, 0.5) is 0 Å². The highest BCUT2D eigenvalue weighted by molar-refractivity contribution is 5.76. The van der Waals surface area contributed by atoms with Crippen molar-refractivity contribution in [2.24, 2.45) is 5.41 Å². The van der Waals surface area contributed by atoms with E-state index in [1.54, 1.807) is 6.20 Å². The van der Waals surface area contributed by atoms with Crippen molar-refractivity contribution in [3.63, 3.8) is 0 Å². The van der Waals surface area contributed by atoms with Gasteiger partial charge in [-0.25, -0.2) is 0 Å². The summed E-state index contributed by atoms with van der Waals surface area (Å²) in [5.74, 6) is 0.0856. The van der Waals surface area contributed by atoms with E-state index < -0.39 is 0 Å². The molecule has 108 valence electrons. The molecule has 0 fully saturated rings. The monoisotopic (exact) mass is 265 g/mol. The highest BCUT2D eigenvalue weighted by atomic mass is 16.1. The molecule has 0 aliphatic rings. The highest BCUT2D eigenvalue weighted by Crippen LogP contribution is 2.26. The fourth-order valence-corrected chi connectivity index (χ4v) is 2.62. The molecule has 0 spiro atoms. The van der Waals surface area contributed by atoms with Crippen molar-refractivity contribution in [3.05, 3.63) is 18.0 Å². The Labute approximate surface area is 116 Å². The quantitative estimate of drug-likeness (QED) is 0.889. The minimum Gasteiger partial charge on any atom is -0.351 e. The summed E-state index contributed by atoms with van der Waals surface area (Å²) in [5, 5.41) is 7.29. The first-order chi connectivity index (χ1) is 8.57. The van der Waals surface area contributed by atoms with Crippen molar-refractivity contribution in [3.8, 4) is 0 Å². The first kappa shape index (κ1) is 15.7. The predicted molar refractivity (Wildman–Crippen MR) is 77.9 cm³/mol. The normalized spacial score (nSPS) is 12.5. The van der Waals surface area contributed by atoms with Gasteiger partial charge in [-0.3, -0.25) is 9.48 Å². The molecule has 0 aliphatic carbocycles. The van der Waals surface area contributed by atoms with E-state index in [1.807, 2.05) is 17.8 Å². The second kappa shape index (κ2) is 5.76. The molecule has 1 rings (SSSR count). The van der Waals surface area contributed by atoms with Gasteiger partial charge in [0.15, 0.2) is 0 Å². The standard InChI is InChI=1S/C15H27N3O/c1-12-9-16-18(10-12)8-7-13(19)17-15(5,6)11-14(2,3)4/h9-10H,7-8,11H2,1-6H3,(H,17,19). The Kier molecular flexibility index (Phi) is 4.77. The van der Waals surface area contributed by atoms with Crippen LogP contribution in [-0.4, -0.2) is 21.2 Å². The van der Waals surface area contributed by atoms with Crippen LogP contribution in [0.15, 0.2) is 12.4 Å². The number of carbonyl (C=O) groups is 1. The van der Waals surface area contributed by atoms with Crippen LogP contribution in [0.5, 0.6) is 0 Å². The zero-order chi connectivity index (χ0) is 14.7. The van der Waals surface area contributed by atoms with Crippen LogP contribution in [-0.2, 0) is 11.3 Å². The molecule has 0 atom stereocenters. The Morgan fingerprint density at radius 3 is 2.42 bits per heavy atom. The maximum Gasteiger partial charge on any atom is 0.222 e. The van der Waals surface area contributed by atoms with Crippen molar-refractivity contribution in [1.82, 2.24) is 15.1 Å². The maximum absolute atomic E-state index is 12.0. The minimum atomic E-state index is -0.171. The van der Waals surface area contributed by atoms with E-state index in [1.165, 1.54) is 0 Å². The molecule has 1 aromatic heterocycles. The Morgan fingerprint density at radius 2 is 1.95 bits per heavy atom. The van der Waals surface area contributed by atoms with E-state index in [4.69, 9.17) is 0 Å². The summed E-state index contributed by atoms with van der Waals surface area (Å²) in [6.07, 6.45) is 5.18. The van der Waals surface area contributed by atoms with E-state index in [2.05, 4.69) is 45.0 Å². The molecule has 1 heterocycles. The molecular weight excluding hydrogens is 238 g/mol. The van der Waals surface area contributed by atoms with E-state index in [0.29, 0.717) is 13.0 Å². The van der Waals surface area contributed by atoms with Gasteiger partial charge in [0.2, 0.25) is 5.91 Å². The first-order valence-electron chi connectivity index (χ1n) is 6.87. The molecule has 1 N–H and O–H groups in total. The third-order valence-electron chi connectivity index (χ3n) is 2.78. The number of nitrogens with one attached hydrogen (secondary N) is 1. The van der Waals surface area contributed by atoms with E-state index in [9.17, 15) is 4.79 Å². The number of nitrogens with zero attached hydrogens (tertiary/aromatic N) is 2. The zero-order valence-corrected chi connectivity index (χ0v) is 13.1. The van der Waals surface area contributed by atoms with Crippen molar-refractivity contribution < 1.29 is 4.79 Å². The highest BCUT2D eigenvalue weighted by Gasteiger charge is 2.26. The third kappa shape index (κ3) is 6.41. The molecule has 1 aromatic rings. The van der Waals surface area contributed by atoms with Gasteiger partial charge < -0.3 is 5.32 Å². The molecule has 0 aliphatic heterocycles. The molecule has 0 radical (unpaired) electrons. The Hall–Kier alpha value is -1.32. The molecule has 0 bridgehead atoms. The lowest BCUT2D eigenvalue weighted by Gasteiger charge is -2.33. The van der Waals surface area contributed by atoms with Gasteiger partial charge in [0.25, 0.3) is 0 Å². The van der Waals surface area contributed by atoms with Gasteiger partial charge in [0.05, 0.1) is 6.20 Å². The number of aryl methyl sites for hydroxylation is 2. The van der Waals surface area contributed by atoms with Crippen molar-refractivity contribution in [2.75, 3.05) is 0 Å². The van der Waals surface area contributed by atoms with Crippen molar-refractivity contribution in [2.45, 2.75) is 66.5 Å². The predicted octanol–water partition coefficient (Wildman–Crippen LogP) is 2.91. The average Bonchev–Trinajstić information content (AvgIpc) is 2.56. The van der Waals surface area contributed by atoms with Gasteiger partial charge >= 0.3 is 0 Å². The first-order valence-corrected chi connectivity index (χ1v) is 6.87. The topological polar surface area (TPSA) is 46.9 Å². The van der Waals surface area contributed by atoms with E-state index in [-0.39, 0.29) is 16.9 Å². The van der Waals surface area contributed by atoms with Crippen molar-refractivity contribution in [1.29, 1.82) is 0 Å². The van der Waals surface area contributed by atoms with E-state index in [0.717, 1.165) is 12.0 Å². The van der Waals surface area contributed by atoms with Crippen LogP contribution in [0.1, 0.15) is 53.0 Å². The van der Waals surface area contributed by atoms with Gasteiger partial charge in [0.1, 0.15) is 0 Å². The van der Waals surface area contributed by atoms with Crippen LogP contribution in [0.3, 0.4) is 0 Å². The molecule has 4 heteroatoms. The molecule has 0 unspecified atom stereocenters. The molecule has 0 saturated heterocycles. The largest absolute Gasteiger partial charge is 0.351 e. The van der Waals surface area contributed by atoms with Crippen molar-refractivity contribution >= 4 is 5.91 Å². The van der Waals surface area contributed by atoms with Crippen LogP contribution in [0, 0.1) is 12.3 Å². The number of carbonyl (C=O) groups excluding carboxylic acids is 1. The summed E-state index contributed by atoms with van der Waals surface area (Å²) in [6.45, 7) is 13.3. The number of rotatable bonds is 5. The Bertz CT molecular complexity index is 427. The fourth-order valence-electron chi connectivity index (χ4n) is 2.62. The Balaban J connectivity index is 2.42. The summed E-state index contributed by atoms with van der Waals surface area (Å²) in [7, 11) is 0.